The Balaban J connectivity index is 1.86. The van der Waals surface area contributed by atoms with Gasteiger partial charge in [-0.2, -0.15) is 0 Å². The highest BCUT2D eigenvalue weighted by Gasteiger charge is 2.29. The van der Waals surface area contributed by atoms with E-state index in [-0.39, 0.29) is 27.6 Å². The lowest BCUT2D eigenvalue weighted by Crippen LogP contribution is -2.22. The number of sulfone groups is 1. The molecule has 0 unspecified atom stereocenters. The van der Waals surface area contributed by atoms with Gasteiger partial charge in [-0.1, -0.05) is 12.1 Å². The maximum atomic E-state index is 13.5. The number of halogens is 1. The lowest BCUT2D eigenvalue weighted by atomic mass is 10.1. The van der Waals surface area contributed by atoms with Crippen molar-refractivity contribution in [2.45, 2.75) is 24.7 Å². The second kappa shape index (κ2) is 6.36. The summed E-state index contributed by atoms with van der Waals surface area (Å²) in [7, 11) is -3.57. The third-order valence-electron chi connectivity index (χ3n) is 4.15. The summed E-state index contributed by atoms with van der Waals surface area (Å²) in [6, 6.07) is 6.59. The van der Waals surface area contributed by atoms with Gasteiger partial charge in [-0.3, -0.25) is 0 Å². The highest BCUT2D eigenvalue weighted by Crippen LogP contribution is 2.38. The Bertz CT molecular complexity index is 957. The van der Waals surface area contributed by atoms with Gasteiger partial charge in [0, 0.05) is 11.3 Å². The maximum absolute atomic E-state index is 13.5. The van der Waals surface area contributed by atoms with E-state index in [0.717, 1.165) is 0 Å². The van der Waals surface area contributed by atoms with Crippen LogP contribution < -0.4 is 10.6 Å². The number of aryl methyl sites for hydroxylation is 1. The molecule has 1 heterocycles. The van der Waals surface area contributed by atoms with Gasteiger partial charge in [-0.25, -0.2) is 17.6 Å². The highest BCUT2D eigenvalue weighted by molar-refractivity contribution is 7.91. The molecule has 1 aliphatic rings. The molecule has 0 fully saturated rings. The van der Waals surface area contributed by atoms with Crippen molar-refractivity contribution in [3.63, 3.8) is 0 Å². The van der Waals surface area contributed by atoms with Crippen molar-refractivity contribution in [1.29, 1.82) is 0 Å². The fraction of sp³-hybridized carbons (Fsp3) is 0.235. The Kier molecular flexibility index (Phi) is 4.38. The largest absolute Gasteiger partial charge is 0.504 e. The van der Waals surface area contributed by atoms with Crippen LogP contribution >= 0.6 is 0 Å². The summed E-state index contributed by atoms with van der Waals surface area (Å²) in [5.41, 5.74) is 1.07. The van der Waals surface area contributed by atoms with Gasteiger partial charge < -0.3 is 15.7 Å². The first-order valence-corrected chi connectivity index (χ1v) is 9.35. The number of phenolic OH excluding ortho intramolecular Hbond substituents is 1. The van der Waals surface area contributed by atoms with Crippen LogP contribution in [0.15, 0.2) is 35.2 Å². The molecule has 2 amide bonds. The number of nitrogens with one attached hydrogen (secondary N) is 2. The van der Waals surface area contributed by atoms with Crippen LogP contribution in [-0.4, -0.2) is 25.3 Å². The molecule has 0 saturated heterocycles. The summed E-state index contributed by atoms with van der Waals surface area (Å²) in [6.07, 6.45) is 1.05. The normalized spacial score (nSPS) is 15.3. The molecule has 132 valence electrons. The number of fused-ring (bicyclic) bond motifs is 1. The number of carbonyl (C=O) groups excluding carboxylic acids is 1. The molecule has 0 radical (unpaired) electrons. The van der Waals surface area contributed by atoms with Gasteiger partial charge in [0.15, 0.2) is 15.6 Å². The molecule has 0 aromatic heterocycles. The van der Waals surface area contributed by atoms with E-state index in [2.05, 4.69) is 10.6 Å². The number of benzene rings is 2. The summed E-state index contributed by atoms with van der Waals surface area (Å²) < 4.78 is 37.9. The maximum Gasteiger partial charge on any atom is 0.323 e. The average molecular weight is 364 g/mol. The molecule has 1 aliphatic heterocycles. The fourth-order valence-corrected chi connectivity index (χ4v) is 4.53. The van der Waals surface area contributed by atoms with Crippen molar-refractivity contribution in [1.82, 2.24) is 0 Å². The molecular formula is C17H17FN2O4S. The van der Waals surface area contributed by atoms with Crippen LogP contribution in [0.2, 0.25) is 0 Å². The summed E-state index contributed by atoms with van der Waals surface area (Å²) in [5, 5.41) is 15.2. The summed E-state index contributed by atoms with van der Waals surface area (Å²) in [5.74, 6) is -0.963. The molecule has 8 heteroatoms. The Labute approximate surface area is 144 Å². The minimum Gasteiger partial charge on any atom is -0.504 e. The van der Waals surface area contributed by atoms with Crippen LogP contribution in [-0.2, 0) is 16.3 Å². The third kappa shape index (κ3) is 3.30. The van der Waals surface area contributed by atoms with Gasteiger partial charge >= 0.3 is 6.03 Å². The zero-order valence-electron chi connectivity index (χ0n) is 13.5. The van der Waals surface area contributed by atoms with E-state index in [9.17, 15) is 22.7 Å². The number of hydrogen-bond acceptors (Lipinski definition) is 4. The molecule has 2 aromatic rings. The molecule has 3 rings (SSSR count). The second-order valence-corrected chi connectivity index (χ2v) is 7.91. The van der Waals surface area contributed by atoms with Gasteiger partial charge in [0.1, 0.15) is 10.7 Å². The Morgan fingerprint density at radius 3 is 2.64 bits per heavy atom. The first-order chi connectivity index (χ1) is 11.8. The molecular weight excluding hydrogens is 347 g/mol. The van der Waals surface area contributed by atoms with E-state index in [0.29, 0.717) is 18.4 Å². The number of carbonyl (C=O) groups is 1. The Morgan fingerprint density at radius 1 is 1.16 bits per heavy atom. The van der Waals surface area contributed by atoms with E-state index in [4.69, 9.17) is 0 Å². The third-order valence-corrected chi connectivity index (χ3v) is 6.05. The number of rotatable bonds is 2. The van der Waals surface area contributed by atoms with Crippen LogP contribution in [0.4, 0.5) is 20.6 Å². The molecule has 0 saturated carbocycles. The number of amides is 2. The second-order valence-electron chi connectivity index (χ2n) is 5.86. The van der Waals surface area contributed by atoms with E-state index in [1.165, 1.54) is 31.2 Å². The zero-order chi connectivity index (χ0) is 18.2. The topological polar surface area (TPSA) is 95.5 Å². The van der Waals surface area contributed by atoms with Crippen LogP contribution in [0.1, 0.15) is 17.5 Å². The fourth-order valence-electron chi connectivity index (χ4n) is 2.83. The van der Waals surface area contributed by atoms with Crippen LogP contribution in [0, 0.1) is 12.7 Å². The zero-order valence-corrected chi connectivity index (χ0v) is 14.3. The van der Waals surface area contributed by atoms with Crippen molar-refractivity contribution in [3.05, 3.63) is 47.3 Å². The number of urea groups is 1. The van der Waals surface area contributed by atoms with Gasteiger partial charge in [-0.05, 0) is 43.5 Å². The predicted octanol–water partition coefficient (Wildman–Crippen LogP) is 3.20. The molecule has 3 N–H and O–H groups in total. The van der Waals surface area contributed by atoms with Gasteiger partial charge in [0.25, 0.3) is 0 Å². The van der Waals surface area contributed by atoms with Crippen LogP contribution in [0.5, 0.6) is 5.75 Å². The molecule has 25 heavy (non-hydrogen) atoms. The van der Waals surface area contributed by atoms with E-state index in [1.807, 2.05) is 0 Å². The van der Waals surface area contributed by atoms with Crippen LogP contribution in [0.25, 0.3) is 0 Å². The van der Waals surface area contributed by atoms with Gasteiger partial charge in [0.05, 0.1) is 11.4 Å². The lowest BCUT2D eigenvalue weighted by Gasteiger charge is -2.19. The van der Waals surface area contributed by atoms with E-state index >= 15 is 0 Å². The first-order valence-electron chi connectivity index (χ1n) is 7.70. The molecule has 2 aromatic carbocycles. The number of aromatic hydroxyl groups is 1. The van der Waals surface area contributed by atoms with Gasteiger partial charge in [0.2, 0.25) is 0 Å². The van der Waals surface area contributed by atoms with Crippen LogP contribution in [0.3, 0.4) is 0 Å². The summed E-state index contributed by atoms with van der Waals surface area (Å²) in [6.45, 7) is 1.52. The number of hydrogen-bond donors (Lipinski definition) is 3. The molecule has 0 bridgehead atoms. The lowest BCUT2D eigenvalue weighted by molar-refractivity contribution is 0.262. The van der Waals surface area contributed by atoms with Crippen molar-refractivity contribution >= 4 is 27.2 Å². The van der Waals surface area contributed by atoms with Crippen molar-refractivity contribution < 1.29 is 22.7 Å². The quantitative estimate of drug-likeness (QED) is 0.713. The summed E-state index contributed by atoms with van der Waals surface area (Å²) in [4.78, 5) is 12.0. The standard InChI is InChI=1S/C17H17FN2O4S/c1-10-12(18)5-2-6-13(10)19-17(22)20-14-8-7-11-4-3-9-25(23,24)16(11)15(14)21/h2,5-8,21H,3-4,9H2,1H3,(H2,19,20,22). The monoisotopic (exact) mass is 364 g/mol. The molecule has 6 nitrogen and oxygen atoms in total. The molecule has 0 atom stereocenters. The number of phenols is 1. The van der Waals surface area contributed by atoms with E-state index < -0.39 is 27.4 Å². The van der Waals surface area contributed by atoms with E-state index in [1.54, 1.807) is 6.07 Å². The average Bonchev–Trinajstić information content (AvgIpc) is 2.54. The predicted molar refractivity (Wildman–Crippen MR) is 92.3 cm³/mol. The molecule has 0 aliphatic carbocycles. The smallest absolute Gasteiger partial charge is 0.323 e. The highest BCUT2D eigenvalue weighted by atomic mass is 32.2. The van der Waals surface area contributed by atoms with Gasteiger partial charge in [-0.15, -0.1) is 0 Å². The minimum atomic E-state index is -3.57. The molecule has 0 spiro atoms. The first kappa shape index (κ1) is 17.2. The van der Waals surface area contributed by atoms with Crippen molar-refractivity contribution in [2.75, 3.05) is 16.4 Å². The SMILES string of the molecule is Cc1c(F)cccc1NC(=O)Nc1ccc2c(c1O)S(=O)(=O)CCC2. The van der Waals surface area contributed by atoms with Crippen molar-refractivity contribution in [2.24, 2.45) is 0 Å². The Hall–Kier alpha value is -2.61. The Morgan fingerprint density at radius 2 is 1.88 bits per heavy atom. The minimum absolute atomic E-state index is 0.0178. The number of anilines is 2. The van der Waals surface area contributed by atoms with Crippen molar-refractivity contribution in [3.8, 4) is 5.75 Å². The summed E-state index contributed by atoms with van der Waals surface area (Å²) >= 11 is 0.